The van der Waals surface area contributed by atoms with E-state index >= 15 is 0 Å². The molecule has 4 rings (SSSR count). The summed E-state index contributed by atoms with van der Waals surface area (Å²) in [7, 11) is 0. The third-order valence-electron chi connectivity index (χ3n) is 5.18. The van der Waals surface area contributed by atoms with Crippen LogP contribution in [0, 0.1) is 24.0 Å². The summed E-state index contributed by atoms with van der Waals surface area (Å²) in [5.41, 5.74) is 7.27. The number of fused-ring (bicyclic) bond motifs is 1. The summed E-state index contributed by atoms with van der Waals surface area (Å²) < 4.78 is 4.48. The Hall–Kier alpha value is -2.99. The van der Waals surface area contributed by atoms with E-state index in [0.29, 0.717) is 6.54 Å². The average Bonchev–Trinajstić information content (AvgIpc) is 2.99. The van der Waals surface area contributed by atoms with Crippen molar-refractivity contribution < 1.29 is 26.5 Å². The largest absolute Gasteiger partial charge is 1.00 e. The summed E-state index contributed by atoms with van der Waals surface area (Å²) in [6.07, 6.45) is 2.14. The molecular weight excluding hydrogens is 430 g/mol. The highest BCUT2D eigenvalue weighted by Gasteiger charge is 2.18. The molecule has 3 aromatic carbocycles. The molecule has 4 aromatic rings. The second-order valence-corrected chi connectivity index (χ2v) is 7.21. The quantitative estimate of drug-likeness (QED) is 0.262. The zero-order valence-electron chi connectivity index (χ0n) is 16.4. The van der Waals surface area contributed by atoms with Crippen molar-refractivity contribution in [3.8, 4) is 0 Å². The lowest BCUT2D eigenvalue weighted by Gasteiger charge is -2.02. The minimum Gasteiger partial charge on any atom is -1.00 e. The van der Waals surface area contributed by atoms with Gasteiger partial charge in [0.05, 0.1) is 4.92 Å². The van der Waals surface area contributed by atoms with E-state index in [-0.39, 0.29) is 27.6 Å². The van der Waals surface area contributed by atoms with Crippen LogP contribution in [0.1, 0.15) is 22.3 Å². The van der Waals surface area contributed by atoms with Gasteiger partial charge in [0, 0.05) is 12.1 Å². The van der Waals surface area contributed by atoms with E-state index in [0.717, 1.165) is 17.6 Å². The molecule has 29 heavy (non-hydrogen) atoms. The van der Waals surface area contributed by atoms with E-state index in [4.69, 9.17) is 0 Å². The van der Waals surface area contributed by atoms with Crippen molar-refractivity contribution >= 4 is 16.7 Å². The summed E-state index contributed by atoms with van der Waals surface area (Å²) in [5, 5.41) is 10.9. The first-order valence-electron chi connectivity index (χ1n) is 9.28. The van der Waals surface area contributed by atoms with Crippen molar-refractivity contribution in [3.63, 3.8) is 0 Å². The maximum absolute atomic E-state index is 10.9. The number of hydrogen-bond acceptors (Lipinski definition) is 2. The molecule has 6 heteroatoms. The molecular formula is C23H22BrN3O2. The number of nitro benzene ring substituents is 1. The number of nitrogens with zero attached hydrogens (tertiary/aromatic N) is 3. The van der Waals surface area contributed by atoms with Gasteiger partial charge >= 0.3 is 0 Å². The first-order valence-corrected chi connectivity index (χ1v) is 9.28. The van der Waals surface area contributed by atoms with Crippen LogP contribution in [-0.4, -0.2) is 9.49 Å². The van der Waals surface area contributed by atoms with Crippen LogP contribution >= 0.6 is 0 Å². The molecule has 5 nitrogen and oxygen atoms in total. The second kappa shape index (κ2) is 8.57. The van der Waals surface area contributed by atoms with Crippen LogP contribution in [0.2, 0.25) is 0 Å². The van der Waals surface area contributed by atoms with Crippen molar-refractivity contribution in [1.29, 1.82) is 0 Å². The molecule has 148 valence electrons. The SMILES string of the molecule is Cc1cc2c(cc1C)[n+](Cc1ccccc1)cn2Cc1ccc([N+](=O)[O-])cc1.[Br-]. The van der Waals surface area contributed by atoms with Crippen molar-refractivity contribution in [2.45, 2.75) is 26.9 Å². The minimum absolute atomic E-state index is 0. The van der Waals surface area contributed by atoms with Gasteiger partial charge in [-0.05, 0) is 60.4 Å². The first-order chi connectivity index (χ1) is 13.5. The number of halogens is 1. The number of imidazole rings is 1. The summed E-state index contributed by atoms with van der Waals surface area (Å²) in [6.45, 7) is 5.72. The number of aromatic nitrogens is 2. The van der Waals surface area contributed by atoms with Crippen LogP contribution in [0.5, 0.6) is 0 Å². The van der Waals surface area contributed by atoms with Gasteiger partial charge in [-0.1, -0.05) is 30.3 Å². The van der Waals surface area contributed by atoms with Gasteiger partial charge in [-0.3, -0.25) is 10.1 Å². The number of nitro groups is 1. The van der Waals surface area contributed by atoms with Gasteiger partial charge in [-0.25, -0.2) is 9.13 Å². The van der Waals surface area contributed by atoms with Gasteiger partial charge in [0.2, 0.25) is 6.33 Å². The van der Waals surface area contributed by atoms with E-state index < -0.39 is 0 Å². The number of non-ortho nitro benzene ring substituents is 1. The molecule has 1 aromatic heterocycles. The Morgan fingerprint density at radius 1 is 0.931 bits per heavy atom. The molecule has 1 heterocycles. The van der Waals surface area contributed by atoms with Crippen molar-refractivity contribution in [2.75, 3.05) is 0 Å². The van der Waals surface area contributed by atoms with Crippen LogP contribution in [0.4, 0.5) is 5.69 Å². The Balaban J connectivity index is 0.00000240. The normalized spacial score (nSPS) is 10.7. The molecule has 0 aliphatic carbocycles. The zero-order valence-corrected chi connectivity index (χ0v) is 18.0. The van der Waals surface area contributed by atoms with E-state index in [9.17, 15) is 10.1 Å². The fourth-order valence-electron chi connectivity index (χ4n) is 3.49. The highest BCUT2D eigenvalue weighted by Crippen LogP contribution is 2.20. The van der Waals surface area contributed by atoms with E-state index in [1.807, 2.05) is 18.2 Å². The molecule has 0 amide bonds. The number of rotatable bonds is 5. The molecule has 0 saturated carbocycles. The molecule has 0 atom stereocenters. The van der Waals surface area contributed by atoms with Gasteiger partial charge in [0.1, 0.15) is 13.1 Å². The van der Waals surface area contributed by atoms with Gasteiger partial charge in [-0.2, -0.15) is 0 Å². The topological polar surface area (TPSA) is 52.0 Å². The van der Waals surface area contributed by atoms with E-state index in [2.05, 4.69) is 65.7 Å². The Labute approximate surface area is 180 Å². The number of hydrogen-bond donors (Lipinski definition) is 0. The average molecular weight is 452 g/mol. The molecule has 0 fully saturated rings. The number of benzene rings is 3. The highest BCUT2D eigenvalue weighted by atomic mass is 79.9. The predicted molar refractivity (Wildman–Crippen MR) is 109 cm³/mol. The fraction of sp³-hybridized carbons (Fsp3) is 0.174. The molecule has 0 aliphatic rings. The van der Waals surface area contributed by atoms with Gasteiger partial charge in [0.25, 0.3) is 5.69 Å². The zero-order chi connectivity index (χ0) is 19.7. The Morgan fingerprint density at radius 3 is 2.24 bits per heavy atom. The Bertz CT molecular complexity index is 1150. The van der Waals surface area contributed by atoms with Crippen LogP contribution in [0.15, 0.2) is 73.1 Å². The maximum Gasteiger partial charge on any atom is 0.269 e. The van der Waals surface area contributed by atoms with Crippen LogP contribution in [-0.2, 0) is 13.1 Å². The van der Waals surface area contributed by atoms with Crippen LogP contribution in [0.3, 0.4) is 0 Å². The summed E-state index contributed by atoms with van der Waals surface area (Å²) in [5.74, 6) is 0. The standard InChI is InChI=1S/C23H22N3O2.BrH/c1-17-12-22-23(13-18(17)2)25(15-20-8-10-21(11-9-20)26(27)28)16-24(22)14-19-6-4-3-5-7-19;/h3-13,16H,14-15H2,1-2H3;1H/q+1;/p-1. The predicted octanol–water partition coefficient (Wildman–Crippen LogP) is 1.55. The monoisotopic (exact) mass is 451 g/mol. The molecule has 0 bridgehead atoms. The van der Waals surface area contributed by atoms with Crippen molar-refractivity contribution in [3.05, 3.63) is 105 Å². The van der Waals surface area contributed by atoms with Gasteiger partial charge in [-0.15, -0.1) is 0 Å². The molecule has 0 spiro atoms. The molecule has 0 saturated heterocycles. The van der Waals surface area contributed by atoms with Gasteiger partial charge < -0.3 is 17.0 Å². The first kappa shape index (κ1) is 20.7. The Morgan fingerprint density at radius 2 is 1.59 bits per heavy atom. The van der Waals surface area contributed by atoms with E-state index in [1.165, 1.54) is 22.2 Å². The van der Waals surface area contributed by atoms with E-state index in [1.54, 1.807) is 12.1 Å². The maximum atomic E-state index is 10.9. The number of aryl methyl sites for hydroxylation is 2. The van der Waals surface area contributed by atoms with Crippen LogP contribution in [0.25, 0.3) is 11.0 Å². The summed E-state index contributed by atoms with van der Waals surface area (Å²) in [6, 6.07) is 21.6. The fourth-order valence-corrected chi connectivity index (χ4v) is 3.49. The van der Waals surface area contributed by atoms with Gasteiger partial charge in [0.15, 0.2) is 11.0 Å². The third kappa shape index (κ3) is 4.38. The summed E-state index contributed by atoms with van der Waals surface area (Å²) in [4.78, 5) is 10.5. The summed E-state index contributed by atoms with van der Waals surface area (Å²) >= 11 is 0. The van der Waals surface area contributed by atoms with Crippen molar-refractivity contribution in [1.82, 2.24) is 4.57 Å². The minimum atomic E-state index is -0.366. The lowest BCUT2D eigenvalue weighted by Crippen LogP contribution is -3.00. The third-order valence-corrected chi connectivity index (χ3v) is 5.18. The second-order valence-electron chi connectivity index (χ2n) is 7.21. The molecule has 0 radical (unpaired) electrons. The molecule has 0 aliphatic heterocycles. The highest BCUT2D eigenvalue weighted by molar-refractivity contribution is 5.74. The van der Waals surface area contributed by atoms with Crippen molar-refractivity contribution in [2.24, 2.45) is 0 Å². The Kier molecular flexibility index (Phi) is 6.13. The lowest BCUT2D eigenvalue weighted by atomic mass is 10.1. The smallest absolute Gasteiger partial charge is 0.269 e. The van der Waals surface area contributed by atoms with Crippen LogP contribution < -0.4 is 21.5 Å². The molecule has 0 N–H and O–H groups in total. The molecule has 0 unspecified atom stereocenters. The lowest BCUT2D eigenvalue weighted by molar-refractivity contribution is -0.663.